The van der Waals surface area contributed by atoms with Crippen LogP contribution < -0.4 is 0 Å². The SMILES string of the molecule is CCc1nnsc1C(=O)C1CCOCC1. The van der Waals surface area contributed by atoms with Gasteiger partial charge in [0, 0.05) is 19.1 Å². The van der Waals surface area contributed by atoms with Crippen molar-refractivity contribution in [2.75, 3.05) is 13.2 Å². The maximum Gasteiger partial charge on any atom is 0.179 e. The summed E-state index contributed by atoms with van der Waals surface area (Å²) >= 11 is 1.22. The van der Waals surface area contributed by atoms with E-state index in [0.29, 0.717) is 13.2 Å². The molecule has 5 heteroatoms. The maximum atomic E-state index is 12.1. The van der Waals surface area contributed by atoms with E-state index in [1.54, 1.807) is 0 Å². The highest BCUT2D eigenvalue weighted by molar-refractivity contribution is 7.08. The highest BCUT2D eigenvalue weighted by Gasteiger charge is 2.26. The molecule has 1 aromatic heterocycles. The Kier molecular flexibility index (Phi) is 3.43. The monoisotopic (exact) mass is 226 g/mol. The van der Waals surface area contributed by atoms with Gasteiger partial charge in [0.2, 0.25) is 0 Å². The molecule has 0 radical (unpaired) electrons. The third-order valence-electron chi connectivity index (χ3n) is 2.71. The van der Waals surface area contributed by atoms with E-state index < -0.39 is 0 Å². The van der Waals surface area contributed by atoms with Crippen LogP contribution in [0.2, 0.25) is 0 Å². The van der Waals surface area contributed by atoms with Crippen LogP contribution in [0.15, 0.2) is 0 Å². The predicted octanol–water partition coefficient (Wildman–Crippen LogP) is 1.71. The molecule has 2 rings (SSSR count). The minimum atomic E-state index is 0.117. The molecule has 0 bridgehead atoms. The van der Waals surface area contributed by atoms with Gasteiger partial charge in [-0.05, 0) is 30.8 Å². The fraction of sp³-hybridized carbons (Fsp3) is 0.700. The Labute approximate surface area is 92.8 Å². The van der Waals surface area contributed by atoms with Gasteiger partial charge in [-0.25, -0.2) is 0 Å². The van der Waals surface area contributed by atoms with Gasteiger partial charge in [0.05, 0.1) is 5.69 Å². The second-order valence-corrected chi connectivity index (χ2v) is 4.41. The number of hydrogen-bond donors (Lipinski definition) is 0. The van der Waals surface area contributed by atoms with Gasteiger partial charge < -0.3 is 4.74 Å². The minimum Gasteiger partial charge on any atom is -0.381 e. The highest BCUT2D eigenvalue weighted by atomic mass is 32.1. The van der Waals surface area contributed by atoms with Gasteiger partial charge in [-0.3, -0.25) is 4.79 Å². The van der Waals surface area contributed by atoms with Crippen LogP contribution in [-0.4, -0.2) is 28.6 Å². The molecule has 0 N–H and O–H groups in total. The van der Waals surface area contributed by atoms with Gasteiger partial charge in [-0.15, -0.1) is 5.10 Å². The quantitative estimate of drug-likeness (QED) is 0.736. The van der Waals surface area contributed by atoms with E-state index in [2.05, 4.69) is 9.59 Å². The van der Waals surface area contributed by atoms with Crippen molar-refractivity contribution in [2.45, 2.75) is 26.2 Å². The Bertz CT molecular complexity index is 345. The molecule has 0 unspecified atom stereocenters. The minimum absolute atomic E-state index is 0.117. The number of nitrogens with zero attached hydrogens (tertiary/aromatic N) is 2. The Balaban J connectivity index is 2.12. The van der Waals surface area contributed by atoms with Crippen molar-refractivity contribution in [1.82, 2.24) is 9.59 Å². The molecule has 1 aliphatic heterocycles. The second-order valence-electron chi connectivity index (χ2n) is 3.65. The smallest absolute Gasteiger partial charge is 0.179 e. The molecule has 0 spiro atoms. The Morgan fingerprint density at radius 3 is 2.93 bits per heavy atom. The lowest BCUT2D eigenvalue weighted by molar-refractivity contribution is 0.0547. The molecular weight excluding hydrogens is 212 g/mol. The molecule has 1 aromatic rings. The average molecular weight is 226 g/mol. The van der Waals surface area contributed by atoms with E-state index in [4.69, 9.17) is 4.74 Å². The number of rotatable bonds is 3. The standard InChI is InChI=1S/C10H14N2O2S/c1-2-8-10(15-12-11-8)9(13)7-3-5-14-6-4-7/h7H,2-6H2,1H3. The van der Waals surface area contributed by atoms with Crippen molar-refractivity contribution >= 4 is 17.3 Å². The molecule has 0 amide bonds. The van der Waals surface area contributed by atoms with E-state index in [1.165, 1.54) is 11.5 Å². The zero-order valence-corrected chi connectivity index (χ0v) is 9.55. The molecule has 1 aliphatic rings. The molecule has 0 saturated carbocycles. The van der Waals surface area contributed by atoms with Gasteiger partial charge >= 0.3 is 0 Å². The van der Waals surface area contributed by atoms with E-state index in [9.17, 15) is 4.79 Å². The lowest BCUT2D eigenvalue weighted by Gasteiger charge is -2.20. The van der Waals surface area contributed by atoms with Gasteiger partial charge in [0.25, 0.3) is 0 Å². The molecule has 4 nitrogen and oxygen atoms in total. The van der Waals surface area contributed by atoms with Crippen LogP contribution in [0.3, 0.4) is 0 Å². The van der Waals surface area contributed by atoms with Crippen molar-refractivity contribution in [1.29, 1.82) is 0 Å². The molecule has 0 aromatic carbocycles. The van der Waals surface area contributed by atoms with Gasteiger partial charge in [0.1, 0.15) is 4.88 Å². The first-order valence-corrected chi connectivity index (χ1v) is 6.03. The summed E-state index contributed by atoms with van der Waals surface area (Å²) in [5.41, 5.74) is 0.844. The first-order valence-electron chi connectivity index (χ1n) is 5.26. The number of ether oxygens (including phenoxy) is 1. The number of ketones is 1. The zero-order chi connectivity index (χ0) is 10.7. The van der Waals surface area contributed by atoms with Crippen LogP contribution in [0.5, 0.6) is 0 Å². The van der Waals surface area contributed by atoms with Gasteiger partial charge in [0.15, 0.2) is 5.78 Å². The molecule has 1 saturated heterocycles. The molecule has 15 heavy (non-hydrogen) atoms. The summed E-state index contributed by atoms with van der Waals surface area (Å²) in [6, 6.07) is 0. The van der Waals surface area contributed by atoms with E-state index >= 15 is 0 Å². The van der Waals surface area contributed by atoms with Crippen molar-refractivity contribution < 1.29 is 9.53 Å². The largest absolute Gasteiger partial charge is 0.381 e. The Morgan fingerprint density at radius 1 is 1.53 bits per heavy atom. The summed E-state index contributed by atoms with van der Waals surface area (Å²) < 4.78 is 9.09. The predicted molar refractivity (Wildman–Crippen MR) is 57.2 cm³/mol. The summed E-state index contributed by atoms with van der Waals surface area (Å²) in [5.74, 6) is 0.330. The molecule has 82 valence electrons. The normalized spacial score (nSPS) is 17.9. The summed E-state index contributed by atoms with van der Waals surface area (Å²) in [5, 5.41) is 3.97. The molecular formula is C10H14N2O2S. The third kappa shape index (κ3) is 2.23. The number of Topliss-reactive ketones (excluding diaryl/α,β-unsaturated/α-hetero) is 1. The Hall–Kier alpha value is -0.810. The van der Waals surface area contributed by atoms with Crippen molar-refractivity contribution in [2.24, 2.45) is 5.92 Å². The van der Waals surface area contributed by atoms with Crippen LogP contribution in [0.4, 0.5) is 0 Å². The summed E-state index contributed by atoms with van der Waals surface area (Å²) in [7, 11) is 0. The van der Waals surface area contributed by atoms with E-state index in [0.717, 1.165) is 29.8 Å². The number of aryl methyl sites for hydroxylation is 1. The molecule has 0 atom stereocenters. The molecule has 1 fully saturated rings. The lowest BCUT2D eigenvalue weighted by Crippen LogP contribution is -2.23. The second kappa shape index (κ2) is 4.81. The summed E-state index contributed by atoms with van der Waals surface area (Å²) in [6.45, 7) is 3.39. The zero-order valence-electron chi connectivity index (χ0n) is 8.73. The van der Waals surface area contributed by atoms with Gasteiger partial charge in [-0.2, -0.15) is 0 Å². The number of aromatic nitrogens is 2. The topological polar surface area (TPSA) is 52.1 Å². The Morgan fingerprint density at radius 2 is 2.27 bits per heavy atom. The highest BCUT2D eigenvalue weighted by Crippen LogP contribution is 2.23. The fourth-order valence-corrected chi connectivity index (χ4v) is 2.54. The van der Waals surface area contributed by atoms with E-state index in [-0.39, 0.29) is 11.7 Å². The average Bonchev–Trinajstić information content (AvgIpc) is 2.77. The number of carbonyl (C=O) groups is 1. The third-order valence-corrected chi connectivity index (χ3v) is 3.49. The van der Waals surface area contributed by atoms with Gasteiger partial charge in [-0.1, -0.05) is 11.4 Å². The van der Waals surface area contributed by atoms with Crippen LogP contribution in [0.1, 0.15) is 35.1 Å². The maximum absolute atomic E-state index is 12.1. The summed E-state index contributed by atoms with van der Waals surface area (Å²) in [6.07, 6.45) is 2.45. The van der Waals surface area contributed by atoms with Crippen molar-refractivity contribution in [3.05, 3.63) is 10.6 Å². The summed E-state index contributed by atoms with van der Waals surface area (Å²) in [4.78, 5) is 12.9. The van der Waals surface area contributed by atoms with Crippen molar-refractivity contribution in [3.8, 4) is 0 Å². The lowest BCUT2D eigenvalue weighted by atomic mass is 9.94. The van der Waals surface area contributed by atoms with E-state index in [1.807, 2.05) is 6.92 Å². The number of carbonyl (C=O) groups excluding carboxylic acids is 1. The van der Waals surface area contributed by atoms with Crippen LogP contribution in [0.25, 0.3) is 0 Å². The van der Waals surface area contributed by atoms with Crippen molar-refractivity contribution in [3.63, 3.8) is 0 Å². The first-order chi connectivity index (χ1) is 7.33. The fourth-order valence-electron chi connectivity index (χ4n) is 1.77. The van der Waals surface area contributed by atoms with Crippen LogP contribution in [0, 0.1) is 5.92 Å². The molecule has 0 aliphatic carbocycles. The first kappa shape index (κ1) is 10.7. The number of hydrogen-bond acceptors (Lipinski definition) is 5. The van der Waals surface area contributed by atoms with Crippen LogP contribution >= 0.6 is 11.5 Å². The molecule has 2 heterocycles. The van der Waals surface area contributed by atoms with Crippen LogP contribution in [-0.2, 0) is 11.2 Å².